The van der Waals surface area contributed by atoms with Gasteiger partial charge in [-0.2, -0.15) is 0 Å². The van der Waals surface area contributed by atoms with Crippen molar-refractivity contribution in [3.63, 3.8) is 0 Å². The lowest BCUT2D eigenvalue weighted by molar-refractivity contribution is -0.125. The SMILES string of the molecule is Cc1cc(C)c(C2=NO[C@](C)(C=O)C2)c(C)c1. The number of carbonyl (C=O) groups is 1. The minimum atomic E-state index is -0.793. The van der Waals surface area contributed by atoms with Crippen LogP contribution in [0, 0.1) is 20.8 Å². The van der Waals surface area contributed by atoms with Gasteiger partial charge >= 0.3 is 0 Å². The van der Waals surface area contributed by atoms with E-state index in [-0.39, 0.29) is 0 Å². The molecular formula is C14H17NO2. The van der Waals surface area contributed by atoms with Crippen molar-refractivity contribution in [1.82, 2.24) is 0 Å². The van der Waals surface area contributed by atoms with Gasteiger partial charge in [-0.05, 0) is 38.8 Å². The predicted molar refractivity (Wildman–Crippen MR) is 67.4 cm³/mol. The fourth-order valence-electron chi connectivity index (χ4n) is 2.39. The van der Waals surface area contributed by atoms with E-state index in [0.29, 0.717) is 6.42 Å². The minimum absolute atomic E-state index is 0.543. The second kappa shape index (κ2) is 3.99. The minimum Gasteiger partial charge on any atom is -0.381 e. The third-order valence-electron chi connectivity index (χ3n) is 3.10. The summed E-state index contributed by atoms with van der Waals surface area (Å²) in [5, 5.41) is 4.07. The molecule has 0 unspecified atom stereocenters. The first-order chi connectivity index (χ1) is 7.95. The Morgan fingerprint density at radius 1 is 1.29 bits per heavy atom. The Kier molecular flexibility index (Phi) is 2.77. The smallest absolute Gasteiger partial charge is 0.195 e. The molecule has 0 bridgehead atoms. The summed E-state index contributed by atoms with van der Waals surface area (Å²) in [7, 11) is 0. The highest BCUT2D eigenvalue weighted by molar-refractivity contribution is 6.05. The lowest BCUT2D eigenvalue weighted by Gasteiger charge is -2.13. The summed E-state index contributed by atoms with van der Waals surface area (Å²) in [4.78, 5) is 16.1. The zero-order chi connectivity index (χ0) is 12.6. The Balaban J connectivity index is 2.41. The van der Waals surface area contributed by atoms with Gasteiger partial charge in [-0.3, -0.25) is 4.79 Å². The lowest BCUT2D eigenvalue weighted by atomic mass is 9.91. The first-order valence-electron chi connectivity index (χ1n) is 5.75. The van der Waals surface area contributed by atoms with E-state index in [2.05, 4.69) is 38.1 Å². The van der Waals surface area contributed by atoms with Crippen LogP contribution in [-0.2, 0) is 9.63 Å². The third-order valence-corrected chi connectivity index (χ3v) is 3.10. The monoisotopic (exact) mass is 231 g/mol. The number of rotatable bonds is 2. The molecule has 1 atom stereocenters. The number of carbonyl (C=O) groups excluding carboxylic acids is 1. The molecule has 0 aliphatic carbocycles. The van der Waals surface area contributed by atoms with Gasteiger partial charge in [0.2, 0.25) is 0 Å². The molecule has 1 heterocycles. The fourth-order valence-corrected chi connectivity index (χ4v) is 2.39. The molecule has 0 amide bonds. The van der Waals surface area contributed by atoms with Crippen molar-refractivity contribution < 1.29 is 9.63 Å². The predicted octanol–water partition coefficient (Wildman–Crippen LogP) is 2.69. The van der Waals surface area contributed by atoms with Crippen molar-refractivity contribution in [3.05, 3.63) is 34.4 Å². The number of hydrogen-bond acceptors (Lipinski definition) is 3. The lowest BCUT2D eigenvalue weighted by Crippen LogP contribution is -2.26. The van der Waals surface area contributed by atoms with Gasteiger partial charge in [-0.25, -0.2) is 0 Å². The van der Waals surface area contributed by atoms with E-state index < -0.39 is 5.60 Å². The highest BCUT2D eigenvalue weighted by Crippen LogP contribution is 2.28. The van der Waals surface area contributed by atoms with Crippen LogP contribution in [0.25, 0.3) is 0 Å². The van der Waals surface area contributed by atoms with Gasteiger partial charge in [-0.15, -0.1) is 0 Å². The quantitative estimate of drug-likeness (QED) is 0.734. The summed E-state index contributed by atoms with van der Waals surface area (Å²) in [6.45, 7) is 7.96. The van der Waals surface area contributed by atoms with Crippen LogP contribution in [0.2, 0.25) is 0 Å². The average molecular weight is 231 g/mol. The molecule has 0 aromatic heterocycles. The Morgan fingerprint density at radius 2 is 1.88 bits per heavy atom. The first-order valence-corrected chi connectivity index (χ1v) is 5.75. The molecule has 3 nitrogen and oxygen atoms in total. The van der Waals surface area contributed by atoms with Gasteiger partial charge in [0, 0.05) is 12.0 Å². The van der Waals surface area contributed by atoms with Crippen LogP contribution in [0.5, 0.6) is 0 Å². The molecular weight excluding hydrogens is 214 g/mol. The Morgan fingerprint density at radius 3 is 2.35 bits per heavy atom. The maximum Gasteiger partial charge on any atom is 0.195 e. The molecule has 2 rings (SSSR count). The Labute approximate surface area is 101 Å². The number of hydrogen-bond donors (Lipinski definition) is 0. The summed E-state index contributed by atoms with van der Waals surface area (Å²) >= 11 is 0. The largest absolute Gasteiger partial charge is 0.381 e. The van der Waals surface area contributed by atoms with Crippen LogP contribution < -0.4 is 0 Å². The molecule has 0 N–H and O–H groups in total. The number of aldehydes is 1. The van der Waals surface area contributed by atoms with Crippen LogP contribution in [-0.4, -0.2) is 17.6 Å². The molecule has 0 saturated carbocycles. The highest BCUT2D eigenvalue weighted by Gasteiger charge is 2.35. The van der Waals surface area contributed by atoms with Crippen LogP contribution >= 0.6 is 0 Å². The van der Waals surface area contributed by atoms with Crippen molar-refractivity contribution in [1.29, 1.82) is 0 Å². The van der Waals surface area contributed by atoms with Crippen molar-refractivity contribution in [2.75, 3.05) is 0 Å². The molecule has 1 aromatic rings. The standard InChI is InChI=1S/C14H17NO2/c1-9-5-10(2)13(11(3)6-9)12-7-14(4,8-16)17-15-12/h5-6,8H,7H2,1-4H3/t14-/m0/s1. The molecule has 0 spiro atoms. The molecule has 90 valence electrons. The van der Waals surface area contributed by atoms with Crippen LogP contribution in [0.3, 0.4) is 0 Å². The van der Waals surface area contributed by atoms with Gasteiger partial charge in [0.25, 0.3) is 0 Å². The van der Waals surface area contributed by atoms with Gasteiger partial charge in [-0.1, -0.05) is 22.9 Å². The molecule has 3 heteroatoms. The second-order valence-corrected chi connectivity index (χ2v) is 5.01. The van der Waals surface area contributed by atoms with Gasteiger partial charge in [0.05, 0.1) is 5.71 Å². The van der Waals surface area contributed by atoms with Crippen LogP contribution in [0.1, 0.15) is 35.6 Å². The van der Waals surface area contributed by atoms with Crippen molar-refractivity contribution >= 4 is 12.0 Å². The highest BCUT2D eigenvalue weighted by atomic mass is 16.7. The first kappa shape index (κ1) is 11.8. The van der Waals surface area contributed by atoms with Crippen molar-refractivity contribution in [2.24, 2.45) is 5.16 Å². The van der Waals surface area contributed by atoms with E-state index in [1.807, 2.05) is 0 Å². The summed E-state index contributed by atoms with van der Waals surface area (Å²) in [5.41, 5.74) is 4.79. The topological polar surface area (TPSA) is 38.7 Å². The molecule has 0 radical (unpaired) electrons. The fraction of sp³-hybridized carbons (Fsp3) is 0.429. The summed E-state index contributed by atoms with van der Waals surface area (Å²) in [6, 6.07) is 4.25. The number of nitrogens with zero attached hydrogens (tertiary/aromatic N) is 1. The molecule has 1 aromatic carbocycles. The average Bonchev–Trinajstić information content (AvgIpc) is 2.60. The van der Waals surface area contributed by atoms with Gasteiger partial charge in [0.1, 0.15) is 0 Å². The zero-order valence-corrected chi connectivity index (χ0v) is 10.7. The Bertz CT molecular complexity index is 482. The maximum absolute atomic E-state index is 10.9. The zero-order valence-electron chi connectivity index (χ0n) is 10.7. The van der Waals surface area contributed by atoms with Crippen LogP contribution in [0.15, 0.2) is 17.3 Å². The van der Waals surface area contributed by atoms with Crippen molar-refractivity contribution in [2.45, 2.75) is 39.7 Å². The van der Waals surface area contributed by atoms with Crippen LogP contribution in [0.4, 0.5) is 0 Å². The number of oxime groups is 1. The van der Waals surface area contributed by atoms with E-state index in [0.717, 1.165) is 17.6 Å². The number of aryl methyl sites for hydroxylation is 3. The maximum atomic E-state index is 10.9. The molecule has 1 aliphatic heterocycles. The van der Waals surface area contributed by atoms with E-state index in [4.69, 9.17) is 4.84 Å². The molecule has 1 aliphatic rings. The normalized spacial score (nSPS) is 23.2. The number of benzene rings is 1. The third kappa shape index (κ3) is 2.09. The van der Waals surface area contributed by atoms with Gasteiger partial charge < -0.3 is 4.84 Å². The summed E-state index contributed by atoms with van der Waals surface area (Å²) < 4.78 is 0. The van der Waals surface area contributed by atoms with Crippen molar-refractivity contribution in [3.8, 4) is 0 Å². The second-order valence-electron chi connectivity index (χ2n) is 5.01. The van der Waals surface area contributed by atoms with E-state index in [9.17, 15) is 4.79 Å². The summed E-state index contributed by atoms with van der Waals surface area (Å²) in [6.07, 6.45) is 1.36. The van der Waals surface area contributed by atoms with E-state index in [1.165, 1.54) is 16.7 Å². The van der Waals surface area contributed by atoms with Gasteiger partial charge in [0.15, 0.2) is 11.9 Å². The Hall–Kier alpha value is -1.64. The molecule has 0 saturated heterocycles. The van der Waals surface area contributed by atoms with E-state index >= 15 is 0 Å². The van der Waals surface area contributed by atoms with E-state index in [1.54, 1.807) is 6.92 Å². The molecule has 17 heavy (non-hydrogen) atoms. The summed E-state index contributed by atoms with van der Waals surface area (Å²) in [5.74, 6) is 0. The molecule has 0 fully saturated rings.